The SMILES string of the molecule is CC(C)(C)CC(C)(C)NC(=O)COC(=O)/C=C/c1cnn(Cc2ccccc2)c1. The summed E-state index contributed by atoms with van der Waals surface area (Å²) in [6.07, 6.45) is 7.26. The zero-order valence-electron chi connectivity index (χ0n) is 17.9. The highest BCUT2D eigenvalue weighted by Gasteiger charge is 2.27. The van der Waals surface area contributed by atoms with Crippen LogP contribution in [0.15, 0.2) is 48.8 Å². The average Bonchev–Trinajstić information content (AvgIpc) is 3.04. The Labute approximate surface area is 173 Å². The Balaban J connectivity index is 1.79. The van der Waals surface area contributed by atoms with Gasteiger partial charge in [0, 0.05) is 23.4 Å². The van der Waals surface area contributed by atoms with Gasteiger partial charge in [-0.1, -0.05) is 51.1 Å². The van der Waals surface area contributed by atoms with E-state index in [4.69, 9.17) is 4.74 Å². The maximum Gasteiger partial charge on any atom is 0.331 e. The maximum absolute atomic E-state index is 12.1. The number of hydrogen-bond donors (Lipinski definition) is 1. The van der Waals surface area contributed by atoms with Crippen LogP contribution in [-0.2, 0) is 20.9 Å². The largest absolute Gasteiger partial charge is 0.452 e. The lowest BCUT2D eigenvalue weighted by atomic mass is 9.82. The summed E-state index contributed by atoms with van der Waals surface area (Å²) in [6, 6.07) is 10.00. The molecule has 0 saturated heterocycles. The number of carbonyl (C=O) groups is 2. The third-order valence-electron chi connectivity index (χ3n) is 4.05. The minimum Gasteiger partial charge on any atom is -0.452 e. The Morgan fingerprint density at radius 2 is 1.83 bits per heavy atom. The summed E-state index contributed by atoms with van der Waals surface area (Å²) in [5.74, 6) is -0.874. The summed E-state index contributed by atoms with van der Waals surface area (Å²) < 4.78 is 6.84. The van der Waals surface area contributed by atoms with Crippen LogP contribution in [0.5, 0.6) is 0 Å². The highest BCUT2D eigenvalue weighted by Crippen LogP contribution is 2.26. The molecule has 1 aromatic heterocycles. The molecule has 6 heteroatoms. The number of hydrogen-bond acceptors (Lipinski definition) is 4. The number of ether oxygens (including phenoxy) is 1. The van der Waals surface area contributed by atoms with Crippen molar-refractivity contribution in [3.8, 4) is 0 Å². The molecule has 0 fully saturated rings. The van der Waals surface area contributed by atoms with E-state index >= 15 is 0 Å². The first-order valence-electron chi connectivity index (χ1n) is 9.75. The molecule has 0 bridgehead atoms. The van der Waals surface area contributed by atoms with Crippen molar-refractivity contribution in [2.75, 3.05) is 6.61 Å². The van der Waals surface area contributed by atoms with E-state index in [0.717, 1.165) is 17.5 Å². The molecule has 1 amide bonds. The van der Waals surface area contributed by atoms with E-state index in [0.29, 0.717) is 6.54 Å². The Hall–Kier alpha value is -2.89. The smallest absolute Gasteiger partial charge is 0.331 e. The Kier molecular flexibility index (Phi) is 7.37. The fourth-order valence-electron chi connectivity index (χ4n) is 3.46. The fraction of sp³-hybridized carbons (Fsp3) is 0.435. The third kappa shape index (κ3) is 8.77. The van der Waals surface area contributed by atoms with Gasteiger partial charge in [0.15, 0.2) is 6.61 Å². The molecule has 0 unspecified atom stereocenters. The van der Waals surface area contributed by atoms with E-state index in [1.54, 1.807) is 17.0 Å². The summed E-state index contributed by atoms with van der Waals surface area (Å²) >= 11 is 0. The molecule has 0 aliphatic heterocycles. The van der Waals surface area contributed by atoms with Gasteiger partial charge in [0.2, 0.25) is 0 Å². The van der Waals surface area contributed by atoms with Crippen LogP contribution >= 0.6 is 0 Å². The van der Waals surface area contributed by atoms with Crippen LogP contribution in [0.3, 0.4) is 0 Å². The summed E-state index contributed by atoms with van der Waals surface area (Å²) in [4.78, 5) is 24.0. The molecule has 2 aromatic rings. The first-order valence-corrected chi connectivity index (χ1v) is 9.75. The number of carbonyl (C=O) groups excluding carboxylic acids is 2. The van der Waals surface area contributed by atoms with Gasteiger partial charge in [-0.05, 0) is 37.3 Å². The van der Waals surface area contributed by atoms with Gasteiger partial charge < -0.3 is 10.1 Å². The molecule has 0 aliphatic rings. The van der Waals surface area contributed by atoms with Gasteiger partial charge in [-0.2, -0.15) is 5.10 Å². The van der Waals surface area contributed by atoms with Crippen LogP contribution in [0, 0.1) is 5.41 Å². The fourth-order valence-corrected chi connectivity index (χ4v) is 3.46. The predicted molar refractivity (Wildman–Crippen MR) is 114 cm³/mol. The summed E-state index contributed by atoms with van der Waals surface area (Å²) in [6.45, 7) is 10.6. The molecule has 156 valence electrons. The van der Waals surface area contributed by atoms with E-state index < -0.39 is 5.97 Å². The van der Waals surface area contributed by atoms with Crippen molar-refractivity contribution in [1.29, 1.82) is 0 Å². The molecule has 2 rings (SSSR count). The van der Waals surface area contributed by atoms with Gasteiger partial charge in [0.05, 0.1) is 12.7 Å². The van der Waals surface area contributed by atoms with Crippen LogP contribution < -0.4 is 5.32 Å². The molecule has 0 atom stereocenters. The molecule has 0 spiro atoms. The predicted octanol–water partition coefficient (Wildman–Crippen LogP) is 3.82. The third-order valence-corrected chi connectivity index (χ3v) is 4.05. The van der Waals surface area contributed by atoms with Crippen LogP contribution in [0.4, 0.5) is 0 Å². The Bertz CT molecular complexity index is 846. The lowest BCUT2D eigenvalue weighted by molar-refractivity contribution is -0.144. The zero-order valence-corrected chi connectivity index (χ0v) is 17.9. The molecular formula is C23H31N3O3. The normalized spacial score (nSPS) is 12.2. The number of benzene rings is 1. The van der Waals surface area contributed by atoms with Crippen molar-refractivity contribution in [2.45, 2.75) is 53.1 Å². The number of nitrogens with zero attached hydrogens (tertiary/aromatic N) is 2. The molecule has 0 radical (unpaired) electrons. The second kappa shape index (κ2) is 9.54. The van der Waals surface area contributed by atoms with Crippen LogP contribution in [0.2, 0.25) is 0 Å². The number of nitrogens with one attached hydrogen (secondary N) is 1. The average molecular weight is 398 g/mol. The van der Waals surface area contributed by atoms with E-state index in [1.165, 1.54) is 6.08 Å². The van der Waals surface area contributed by atoms with Crippen LogP contribution in [0.1, 0.15) is 52.2 Å². The molecule has 1 heterocycles. The minimum absolute atomic E-state index is 0.0845. The van der Waals surface area contributed by atoms with Gasteiger partial charge in [0.1, 0.15) is 0 Å². The molecule has 0 aliphatic carbocycles. The highest BCUT2D eigenvalue weighted by molar-refractivity contribution is 5.89. The first kappa shape index (κ1) is 22.4. The number of esters is 1. The summed E-state index contributed by atoms with van der Waals surface area (Å²) in [5, 5.41) is 7.20. The van der Waals surface area contributed by atoms with Crippen molar-refractivity contribution in [3.63, 3.8) is 0 Å². The second-order valence-corrected chi connectivity index (χ2v) is 9.07. The first-order chi connectivity index (χ1) is 13.5. The molecule has 6 nitrogen and oxygen atoms in total. The number of aromatic nitrogens is 2. The monoisotopic (exact) mass is 397 g/mol. The van der Waals surface area contributed by atoms with Gasteiger partial charge in [-0.3, -0.25) is 9.48 Å². The Morgan fingerprint density at radius 3 is 2.48 bits per heavy atom. The molecule has 29 heavy (non-hydrogen) atoms. The van der Waals surface area contributed by atoms with Crippen molar-refractivity contribution in [1.82, 2.24) is 15.1 Å². The number of amides is 1. The van der Waals surface area contributed by atoms with E-state index in [2.05, 4.69) is 31.2 Å². The Morgan fingerprint density at radius 1 is 1.14 bits per heavy atom. The van der Waals surface area contributed by atoms with Gasteiger partial charge in [0.25, 0.3) is 5.91 Å². The van der Waals surface area contributed by atoms with E-state index in [1.807, 2.05) is 50.4 Å². The quantitative estimate of drug-likeness (QED) is 0.543. The van der Waals surface area contributed by atoms with Crippen LogP contribution in [0.25, 0.3) is 6.08 Å². The van der Waals surface area contributed by atoms with Crippen LogP contribution in [-0.4, -0.2) is 33.8 Å². The van der Waals surface area contributed by atoms with Crippen molar-refractivity contribution in [2.24, 2.45) is 5.41 Å². The molecular weight excluding hydrogens is 366 g/mol. The van der Waals surface area contributed by atoms with Crippen molar-refractivity contribution >= 4 is 18.0 Å². The molecule has 1 aromatic carbocycles. The minimum atomic E-state index is -0.565. The van der Waals surface area contributed by atoms with Gasteiger partial charge in [-0.15, -0.1) is 0 Å². The number of rotatable bonds is 8. The van der Waals surface area contributed by atoms with Crippen molar-refractivity contribution < 1.29 is 14.3 Å². The summed E-state index contributed by atoms with van der Waals surface area (Å²) in [7, 11) is 0. The molecule has 1 N–H and O–H groups in total. The lowest BCUT2D eigenvalue weighted by Crippen LogP contribution is -2.47. The lowest BCUT2D eigenvalue weighted by Gasteiger charge is -2.33. The van der Waals surface area contributed by atoms with Gasteiger partial charge >= 0.3 is 5.97 Å². The topological polar surface area (TPSA) is 73.2 Å². The highest BCUT2D eigenvalue weighted by atomic mass is 16.5. The standard InChI is InChI=1S/C23H31N3O3/c1-22(2,3)17-23(4,5)25-20(27)16-29-21(28)12-11-19-13-24-26(15-19)14-18-9-7-6-8-10-18/h6-13,15H,14,16-17H2,1-5H3,(H,25,27)/b12-11+. The molecule has 0 saturated carbocycles. The van der Waals surface area contributed by atoms with E-state index in [-0.39, 0.29) is 23.5 Å². The summed E-state index contributed by atoms with van der Waals surface area (Å²) in [5.41, 5.74) is 1.64. The zero-order chi connectivity index (χ0) is 21.5. The van der Waals surface area contributed by atoms with Crippen molar-refractivity contribution in [3.05, 3.63) is 59.9 Å². The van der Waals surface area contributed by atoms with E-state index in [9.17, 15) is 9.59 Å². The van der Waals surface area contributed by atoms with Gasteiger partial charge in [-0.25, -0.2) is 4.79 Å². The maximum atomic E-state index is 12.1. The second-order valence-electron chi connectivity index (χ2n) is 9.07.